The Morgan fingerprint density at radius 1 is 0.542 bits per heavy atom. The second-order valence-electron chi connectivity index (χ2n) is 5.96. The van der Waals surface area contributed by atoms with Crippen molar-refractivity contribution in [2.45, 2.75) is 5.92 Å². The van der Waals surface area contributed by atoms with E-state index < -0.39 is 0 Å². The van der Waals surface area contributed by atoms with Crippen LogP contribution in [0.25, 0.3) is 10.8 Å². The molecular formula is C23H17F. The van der Waals surface area contributed by atoms with Gasteiger partial charge < -0.3 is 0 Å². The van der Waals surface area contributed by atoms with Gasteiger partial charge in [-0.3, -0.25) is 0 Å². The van der Waals surface area contributed by atoms with Crippen LogP contribution < -0.4 is 0 Å². The van der Waals surface area contributed by atoms with E-state index in [1.807, 2.05) is 18.2 Å². The van der Waals surface area contributed by atoms with Crippen LogP contribution in [-0.2, 0) is 0 Å². The lowest BCUT2D eigenvalue weighted by atomic mass is 9.83. The average Bonchev–Trinajstić information content (AvgIpc) is 2.65. The Morgan fingerprint density at radius 2 is 1.17 bits per heavy atom. The van der Waals surface area contributed by atoms with Gasteiger partial charge >= 0.3 is 0 Å². The normalized spacial score (nSPS) is 12.2. The second-order valence-corrected chi connectivity index (χ2v) is 5.96. The summed E-state index contributed by atoms with van der Waals surface area (Å²) in [5, 5.41) is 2.45. The lowest BCUT2D eigenvalue weighted by Gasteiger charge is -2.21. The van der Waals surface area contributed by atoms with Crippen molar-refractivity contribution < 1.29 is 4.39 Å². The monoisotopic (exact) mass is 312 g/mol. The van der Waals surface area contributed by atoms with Gasteiger partial charge in [-0.15, -0.1) is 0 Å². The van der Waals surface area contributed by atoms with Gasteiger partial charge in [0.2, 0.25) is 0 Å². The van der Waals surface area contributed by atoms with Gasteiger partial charge in [-0.05, 0) is 39.6 Å². The van der Waals surface area contributed by atoms with E-state index in [0.717, 1.165) is 5.56 Å². The Morgan fingerprint density at radius 3 is 1.96 bits per heavy atom. The van der Waals surface area contributed by atoms with Gasteiger partial charge in [0, 0.05) is 5.92 Å². The zero-order valence-electron chi connectivity index (χ0n) is 13.2. The smallest absolute Gasteiger partial charge is 0.123 e. The molecule has 0 amide bonds. The summed E-state index contributed by atoms with van der Waals surface area (Å²) < 4.78 is 13.4. The van der Waals surface area contributed by atoms with Crippen LogP contribution in [0.5, 0.6) is 0 Å². The number of halogens is 1. The van der Waals surface area contributed by atoms with E-state index in [4.69, 9.17) is 0 Å². The highest BCUT2D eigenvalue weighted by molar-refractivity contribution is 5.87. The predicted octanol–water partition coefficient (Wildman–Crippen LogP) is 6.16. The molecule has 0 fully saturated rings. The van der Waals surface area contributed by atoms with Crippen LogP contribution in [0.1, 0.15) is 22.6 Å². The van der Waals surface area contributed by atoms with Crippen LogP contribution in [0, 0.1) is 5.82 Å². The molecule has 0 heterocycles. The van der Waals surface area contributed by atoms with Crippen LogP contribution >= 0.6 is 0 Å². The maximum absolute atomic E-state index is 13.4. The zero-order valence-corrected chi connectivity index (χ0v) is 13.2. The van der Waals surface area contributed by atoms with Crippen LogP contribution in [0.3, 0.4) is 0 Å². The van der Waals surface area contributed by atoms with Crippen molar-refractivity contribution >= 4 is 10.8 Å². The first-order valence-electron chi connectivity index (χ1n) is 8.11. The van der Waals surface area contributed by atoms with Crippen molar-refractivity contribution in [3.05, 3.63) is 120 Å². The van der Waals surface area contributed by atoms with Gasteiger partial charge in [0.25, 0.3) is 0 Å². The van der Waals surface area contributed by atoms with E-state index in [2.05, 4.69) is 66.7 Å². The third kappa shape index (κ3) is 2.69. The molecule has 0 aliphatic carbocycles. The number of hydrogen-bond donors (Lipinski definition) is 0. The van der Waals surface area contributed by atoms with Crippen LogP contribution in [0.4, 0.5) is 4.39 Å². The van der Waals surface area contributed by atoms with Gasteiger partial charge in [-0.1, -0.05) is 84.9 Å². The molecule has 4 aromatic rings. The van der Waals surface area contributed by atoms with E-state index in [-0.39, 0.29) is 11.7 Å². The highest BCUT2D eigenvalue weighted by Crippen LogP contribution is 2.36. The van der Waals surface area contributed by atoms with Crippen molar-refractivity contribution in [1.82, 2.24) is 0 Å². The predicted molar refractivity (Wildman–Crippen MR) is 97.7 cm³/mol. The van der Waals surface area contributed by atoms with Crippen molar-refractivity contribution in [3.8, 4) is 0 Å². The standard InChI is InChI=1S/C23H17F/c24-20-15-13-19(14-16-20)23(18-8-2-1-3-9-18)22-12-6-10-17-7-4-5-11-21(17)22/h1-16,23H. The zero-order chi connectivity index (χ0) is 16.4. The second kappa shape index (κ2) is 6.29. The Bertz CT molecular complexity index is 951. The quantitative estimate of drug-likeness (QED) is 0.397. The molecule has 0 radical (unpaired) electrons. The van der Waals surface area contributed by atoms with Crippen molar-refractivity contribution in [2.24, 2.45) is 0 Å². The molecule has 4 aromatic carbocycles. The third-order valence-corrected chi connectivity index (χ3v) is 4.47. The summed E-state index contributed by atoms with van der Waals surface area (Å²) in [7, 11) is 0. The minimum absolute atomic E-state index is 0.0814. The third-order valence-electron chi connectivity index (χ3n) is 4.47. The van der Waals surface area contributed by atoms with E-state index in [1.54, 1.807) is 0 Å². The molecule has 1 heteroatoms. The van der Waals surface area contributed by atoms with Crippen LogP contribution in [-0.4, -0.2) is 0 Å². The van der Waals surface area contributed by atoms with E-state index in [9.17, 15) is 4.39 Å². The fourth-order valence-electron chi connectivity index (χ4n) is 3.35. The topological polar surface area (TPSA) is 0 Å². The molecule has 116 valence electrons. The summed E-state index contributed by atoms with van der Waals surface area (Å²) in [5.41, 5.74) is 3.55. The minimum Gasteiger partial charge on any atom is -0.207 e. The van der Waals surface area contributed by atoms with Crippen LogP contribution in [0.15, 0.2) is 97.1 Å². The molecule has 0 aliphatic rings. The fourth-order valence-corrected chi connectivity index (χ4v) is 3.35. The molecule has 1 unspecified atom stereocenters. The molecule has 0 saturated carbocycles. The van der Waals surface area contributed by atoms with Crippen LogP contribution in [0.2, 0.25) is 0 Å². The molecule has 24 heavy (non-hydrogen) atoms. The molecule has 0 bridgehead atoms. The molecule has 0 saturated heterocycles. The van der Waals surface area contributed by atoms with Gasteiger partial charge in [-0.2, -0.15) is 0 Å². The van der Waals surface area contributed by atoms with E-state index >= 15 is 0 Å². The molecule has 0 N–H and O–H groups in total. The number of rotatable bonds is 3. The molecule has 0 aromatic heterocycles. The minimum atomic E-state index is -0.205. The first-order valence-corrected chi connectivity index (χ1v) is 8.11. The first kappa shape index (κ1) is 14.6. The number of fused-ring (bicyclic) bond motifs is 1. The van der Waals surface area contributed by atoms with E-state index in [0.29, 0.717) is 0 Å². The lowest BCUT2D eigenvalue weighted by molar-refractivity contribution is 0.627. The first-order chi connectivity index (χ1) is 11.8. The summed E-state index contributed by atoms with van der Waals surface area (Å²) >= 11 is 0. The Kier molecular flexibility index (Phi) is 3.84. The lowest BCUT2D eigenvalue weighted by Crippen LogP contribution is -2.04. The molecule has 0 aliphatic heterocycles. The highest BCUT2D eigenvalue weighted by Gasteiger charge is 2.18. The van der Waals surface area contributed by atoms with Crippen molar-refractivity contribution in [3.63, 3.8) is 0 Å². The Labute approximate surface area is 141 Å². The highest BCUT2D eigenvalue weighted by atomic mass is 19.1. The van der Waals surface area contributed by atoms with Crippen molar-refractivity contribution in [2.75, 3.05) is 0 Å². The fraction of sp³-hybridized carbons (Fsp3) is 0.0435. The van der Waals surface area contributed by atoms with Gasteiger partial charge in [0.05, 0.1) is 0 Å². The number of hydrogen-bond acceptors (Lipinski definition) is 0. The molecule has 1 atom stereocenters. The summed E-state index contributed by atoms with van der Waals surface area (Å²) in [4.78, 5) is 0. The van der Waals surface area contributed by atoms with Gasteiger partial charge in [0.15, 0.2) is 0 Å². The SMILES string of the molecule is Fc1ccc(C(c2ccccc2)c2cccc3ccccc23)cc1. The van der Waals surface area contributed by atoms with E-state index in [1.165, 1.54) is 34.0 Å². The van der Waals surface area contributed by atoms with Crippen molar-refractivity contribution in [1.29, 1.82) is 0 Å². The van der Waals surface area contributed by atoms with Gasteiger partial charge in [-0.25, -0.2) is 4.39 Å². The maximum atomic E-state index is 13.4. The molecule has 4 rings (SSSR count). The molecule has 0 spiro atoms. The Hall–Kier alpha value is -2.93. The molecular weight excluding hydrogens is 295 g/mol. The maximum Gasteiger partial charge on any atom is 0.123 e. The number of benzene rings is 4. The van der Waals surface area contributed by atoms with Gasteiger partial charge in [0.1, 0.15) is 5.82 Å². The summed E-state index contributed by atoms with van der Waals surface area (Å²) in [6, 6.07) is 32.0. The Balaban J connectivity index is 1.97. The summed E-state index contributed by atoms with van der Waals surface area (Å²) in [6.45, 7) is 0. The summed E-state index contributed by atoms with van der Waals surface area (Å²) in [5.74, 6) is -0.124. The average molecular weight is 312 g/mol. The summed E-state index contributed by atoms with van der Waals surface area (Å²) in [6.07, 6.45) is 0. The largest absolute Gasteiger partial charge is 0.207 e. The molecule has 0 nitrogen and oxygen atoms in total.